The van der Waals surface area contributed by atoms with Crippen LogP contribution in [0.5, 0.6) is 0 Å². The van der Waals surface area contributed by atoms with Crippen LogP contribution in [0.25, 0.3) is 6.08 Å². The van der Waals surface area contributed by atoms with E-state index >= 15 is 0 Å². The highest BCUT2D eigenvalue weighted by Crippen LogP contribution is 2.50. The van der Waals surface area contributed by atoms with Crippen molar-refractivity contribution < 1.29 is 14.3 Å². The molecular formula is C29H37NO3. The molecule has 2 aliphatic carbocycles. The number of hydrogen-bond donors (Lipinski definition) is 1. The quantitative estimate of drug-likeness (QED) is 0.368. The molecule has 0 bridgehead atoms. The van der Waals surface area contributed by atoms with Gasteiger partial charge in [-0.2, -0.15) is 0 Å². The van der Waals surface area contributed by atoms with E-state index in [4.69, 9.17) is 14.5 Å². The van der Waals surface area contributed by atoms with Crippen LogP contribution in [0, 0.1) is 11.3 Å². The third-order valence-corrected chi connectivity index (χ3v) is 7.24. The molecule has 1 N–H and O–H groups in total. The second kappa shape index (κ2) is 10.1. The predicted octanol–water partition coefficient (Wildman–Crippen LogP) is 8.14. The second-order valence-corrected chi connectivity index (χ2v) is 10.3. The van der Waals surface area contributed by atoms with Crippen LogP contribution in [-0.2, 0) is 0 Å². The Morgan fingerprint density at radius 2 is 1.97 bits per heavy atom. The summed E-state index contributed by atoms with van der Waals surface area (Å²) in [6.45, 7) is 7.01. The number of unbranched alkanes of at least 4 members (excludes halogenated alkanes) is 5. The van der Waals surface area contributed by atoms with Crippen molar-refractivity contribution in [3.8, 4) is 0 Å². The van der Waals surface area contributed by atoms with Gasteiger partial charge in [0.1, 0.15) is 5.76 Å². The van der Waals surface area contributed by atoms with Crippen molar-refractivity contribution in [1.82, 2.24) is 0 Å². The number of carboxylic acids is 1. The van der Waals surface area contributed by atoms with Crippen molar-refractivity contribution in [2.45, 2.75) is 85.0 Å². The third-order valence-electron chi connectivity index (χ3n) is 7.24. The summed E-state index contributed by atoms with van der Waals surface area (Å²) in [5, 5.41) is 9.10. The van der Waals surface area contributed by atoms with Crippen LogP contribution in [0.2, 0.25) is 0 Å². The molecule has 1 aromatic heterocycles. The van der Waals surface area contributed by atoms with E-state index in [1.165, 1.54) is 80.7 Å². The Morgan fingerprint density at radius 1 is 1.18 bits per heavy atom. The second-order valence-electron chi connectivity index (χ2n) is 10.3. The first-order valence-corrected chi connectivity index (χ1v) is 12.7. The highest BCUT2D eigenvalue weighted by atomic mass is 16.4. The largest absolute Gasteiger partial charge is 0.475 e. The molecule has 0 aromatic carbocycles. The van der Waals surface area contributed by atoms with Crippen LogP contribution in [0.3, 0.4) is 0 Å². The van der Waals surface area contributed by atoms with Crippen LogP contribution < -0.4 is 0 Å². The van der Waals surface area contributed by atoms with Gasteiger partial charge < -0.3 is 9.52 Å². The lowest BCUT2D eigenvalue weighted by Gasteiger charge is -2.35. The van der Waals surface area contributed by atoms with Gasteiger partial charge in [-0.15, -0.1) is 0 Å². The van der Waals surface area contributed by atoms with E-state index in [1.54, 1.807) is 6.07 Å². The Kier molecular flexibility index (Phi) is 7.21. The molecule has 4 rings (SSSR count). The lowest BCUT2D eigenvalue weighted by molar-refractivity contribution is 0.0662. The van der Waals surface area contributed by atoms with Gasteiger partial charge in [0, 0.05) is 17.2 Å². The predicted molar refractivity (Wildman–Crippen MR) is 134 cm³/mol. The SMILES string of the molecule is CCCCCCCCC1C=CC(C=Cc2ccc(C(=O)O)o2)=C2N=C3CCCC(C)(C)C3=C21. The summed E-state index contributed by atoms with van der Waals surface area (Å²) in [7, 11) is 0. The van der Waals surface area contributed by atoms with Gasteiger partial charge in [-0.05, 0) is 66.5 Å². The average molecular weight is 448 g/mol. The Bertz CT molecular complexity index is 1040. The summed E-state index contributed by atoms with van der Waals surface area (Å²) in [5.41, 5.74) is 6.57. The Balaban J connectivity index is 1.59. The molecule has 1 fully saturated rings. The van der Waals surface area contributed by atoms with Gasteiger partial charge >= 0.3 is 5.97 Å². The smallest absolute Gasteiger partial charge is 0.371 e. The van der Waals surface area contributed by atoms with Crippen molar-refractivity contribution in [1.29, 1.82) is 0 Å². The van der Waals surface area contributed by atoms with Crippen molar-refractivity contribution >= 4 is 17.8 Å². The number of nitrogens with zero attached hydrogens (tertiary/aromatic N) is 1. The summed E-state index contributed by atoms with van der Waals surface area (Å²) < 4.78 is 5.41. The van der Waals surface area contributed by atoms with Crippen molar-refractivity contribution in [2.75, 3.05) is 0 Å². The molecule has 0 radical (unpaired) electrons. The lowest BCUT2D eigenvalue weighted by Crippen LogP contribution is -2.27. The standard InChI is InChI=1S/C29H37NO3/c1-4-5-6-7-8-9-11-20-13-14-21(15-16-22-17-18-24(33-22)28(31)32)27-25(20)26-23(30-27)12-10-19-29(26,2)3/h13-18,20H,4-12,19H2,1-3H3,(H,31,32). The summed E-state index contributed by atoms with van der Waals surface area (Å²) >= 11 is 0. The van der Waals surface area contributed by atoms with E-state index in [9.17, 15) is 4.79 Å². The van der Waals surface area contributed by atoms with Gasteiger partial charge in [-0.1, -0.05) is 71.4 Å². The van der Waals surface area contributed by atoms with Gasteiger partial charge in [-0.25, -0.2) is 4.79 Å². The minimum atomic E-state index is -1.05. The minimum Gasteiger partial charge on any atom is -0.475 e. The van der Waals surface area contributed by atoms with Gasteiger partial charge in [0.2, 0.25) is 5.76 Å². The van der Waals surface area contributed by atoms with Crippen molar-refractivity contribution in [2.24, 2.45) is 16.3 Å². The Labute approximate surface area is 197 Å². The van der Waals surface area contributed by atoms with E-state index in [1.807, 2.05) is 12.2 Å². The molecule has 4 nitrogen and oxygen atoms in total. The first kappa shape index (κ1) is 23.5. The normalized spacial score (nSPS) is 21.5. The number of hydrogen-bond acceptors (Lipinski definition) is 3. The zero-order valence-corrected chi connectivity index (χ0v) is 20.3. The maximum absolute atomic E-state index is 11.1. The first-order valence-electron chi connectivity index (χ1n) is 12.7. The maximum atomic E-state index is 11.1. The fourth-order valence-electron chi connectivity index (χ4n) is 5.51. The molecule has 0 spiro atoms. The molecule has 2 heterocycles. The topological polar surface area (TPSA) is 62.8 Å². The maximum Gasteiger partial charge on any atom is 0.371 e. The number of allylic oxidation sites excluding steroid dienone is 6. The van der Waals surface area contributed by atoms with E-state index in [0.29, 0.717) is 11.7 Å². The molecule has 0 saturated heterocycles. The van der Waals surface area contributed by atoms with E-state index in [0.717, 1.165) is 17.7 Å². The number of aliphatic imine (C=N–C) groups is 1. The molecular weight excluding hydrogens is 410 g/mol. The number of carboxylic acid groups (broad SMARTS) is 1. The van der Waals surface area contributed by atoms with E-state index in [2.05, 4.69) is 32.9 Å². The highest BCUT2D eigenvalue weighted by Gasteiger charge is 2.40. The molecule has 4 heteroatoms. The van der Waals surface area contributed by atoms with Crippen molar-refractivity contribution in [3.63, 3.8) is 0 Å². The minimum absolute atomic E-state index is 0.0397. The van der Waals surface area contributed by atoms with Crippen molar-refractivity contribution in [3.05, 3.63) is 64.3 Å². The molecule has 1 saturated carbocycles. The molecule has 1 aliphatic heterocycles. The monoisotopic (exact) mass is 447 g/mol. The number of furan rings is 1. The summed E-state index contributed by atoms with van der Waals surface area (Å²) in [6.07, 6.45) is 21.0. The number of fused-ring (bicyclic) bond motifs is 2. The van der Waals surface area contributed by atoms with E-state index in [-0.39, 0.29) is 11.2 Å². The fourth-order valence-corrected chi connectivity index (χ4v) is 5.51. The average Bonchev–Trinajstić information content (AvgIpc) is 3.41. The lowest BCUT2D eigenvalue weighted by atomic mass is 9.68. The van der Waals surface area contributed by atoms with Crippen LogP contribution in [-0.4, -0.2) is 16.8 Å². The molecule has 0 amide bonds. The molecule has 33 heavy (non-hydrogen) atoms. The van der Waals surface area contributed by atoms with Crippen LogP contribution in [0.4, 0.5) is 0 Å². The van der Waals surface area contributed by atoms with Gasteiger partial charge in [-0.3, -0.25) is 4.99 Å². The van der Waals surface area contributed by atoms with E-state index < -0.39 is 5.97 Å². The molecule has 1 unspecified atom stereocenters. The number of aromatic carboxylic acids is 1. The molecule has 3 aliphatic rings. The summed E-state index contributed by atoms with van der Waals surface area (Å²) in [5.74, 6) is -0.116. The third kappa shape index (κ3) is 5.15. The zero-order valence-electron chi connectivity index (χ0n) is 20.3. The number of rotatable bonds is 10. The summed E-state index contributed by atoms with van der Waals surface area (Å²) in [6, 6.07) is 3.19. The summed E-state index contributed by atoms with van der Waals surface area (Å²) in [4.78, 5) is 16.3. The first-order chi connectivity index (χ1) is 15.9. The van der Waals surface area contributed by atoms with Crippen LogP contribution in [0.15, 0.2) is 62.2 Å². The molecule has 1 atom stereocenters. The van der Waals surface area contributed by atoms with Crippen LogP contribution in [0.1, 0.15) is 101 Å². The Hall–Kier alpha value is -2.62. The zero-order chi connectivity index (χ0) is 23.4. The Morgan fingerprint density at radius 3 is 2.73 bits per heavy atom. The fraction of sp³-hybridized carbons (Fsp3) is 0.517. The molecule has 176 valence electrons. The van der Waals surface area contributed by atoms with Crippen LogP contribution >= 0.6 is 0 Å². The molecule has 1 aromatic rings. The highest BCUT2D eigenvalue weighted by molar-refractivity contribution is 6.07. The van der Waals surface area contributed by atoms with Gasteiger partial charge in [0.05, 0.1) is 5.70 Å². The van der Waals surface area contributed by atoms with Gasteiger partial charge in [0.15, 0.2) is 0 Å². The van der Waals surface area contributed by atoms with Gasteiger partial charge in [0.25, 0.3) is 0 Å². The number of carbonyl (C=O) groups is 1.